The summed E-state index contributed by atoms with van der Waals surface area (Å²) in [6.45, 7) is 0. The summed E-state index contributed by atoms with van der Waals surface area (Å²) in [4.78, 5) is 10.9. The van der Waals surface area contributed by atoms with E-state index >= 15 is 0 Å². The Bertz CT molecular complexity index is 231. The zero-order chi connectivity index (χ0) is 8.65. The summed E-state index contributed by atoms with van der Waals surface area (Å²) in [5.41, 5.74) is -1.42. The number of alkyl halides is 1. The molecule has 0 aliphatic carbocycles. The van der Waals surface area contributed by atoms with Crippen LogP contribution in [0.2, 0.25) is 0 Å². The minimum Gasteiger partial charge on any atom is -0.365 e. The second-order valence-corrected chi connectivity index (χ2v) is 3.57. The molecule has 11 heavy (non-hydrogen) atoms. The molecule has 1 amide bonds. The molecule has 0 fully saturated rings. The van der Waals surface area contributed by atoms with Crippen LogP contribution in [0, 0.1) is 0 Å². The third kappa shape index (κ3) is 1.24. The summed E-state index contributed by atoms with van der Waals surface area (Å²) >= 11 is 6.09. The van der Waals surface area contributed by atoms with Crippen molar-refractivity contribution in [2.24, 2.45) is 5.84 Å². The molecule has 1 aliphatic heterocycles. The normalized spacial score (nSPS) is 31.1. The van der Waals surface area contributed by atoms with Crippen molar-refractivity contribution in [2.75, 3.05) is 5.33 Å². The molecule has 0 aromatic heterocycles. The van der Waals surface area contributed by atoms with Crippen molar-refractivity contribution in [1.29, 1.82) is 0 Å². The molecule has 1 unspecified atom stereocenters. The quantitative estimate of drug-likeness (QED) is 0.407. The number of halogens is 2. The molecular weight excluding hydrogens is 280 g/mol. The van der Waals surface area contributed by atoms with Gasteiger partial charge in [0.2, 0.25) is 0 Å². The smallest absolute Gasteiger partial charge is 0.264 e. The van der Waals surface area contributed by atoms with E-state index in [0.29, 0.717) is 4.48 Å². The van der Waals surface area contributed by atoms with Gasteiger partial charge in [0, 0.05) is 6.08 Å². The fourth-order valence-electron chi connectivity index (χ4n) is 0.719. The Morgan fingerprint density at radius 1 is 1.82 bits per heavy atom. The number of amides is 1. The van der Waals surface area contributed by atoms with Crippen molar-refractivity contribution in [2.45, 2.75) is 5.72 Å². The monoisotopic (exact) mass is 284 g/mol. The number of hydrogen-bond acceptors (Lipinski definition) is 3. The fourth-order valence-corrected chi connectivity index (χ4v) is 2.19. The maximum atomic E-state index is 10.9. The third-order valence-electron chi connectivity index (χ3n) is 1.45. The van der Waals surface area contributed by atoms with Gasteiger partial charge in [-0.2, -0.15) is 0 Å². The standard InChI is InChI=1S/C5H6Br2N2O2/c6-2-5(11)3(7)1-4(10)9(5)8/h1,11H,2,8H2. The lowest BCUT2D eigenvalue weighted by Gasteiger charge is -2.28. The first kappa shape index (κ1) is 9.18. The van der Waals surface area contributed by atoms with E-state index in [4.69, 9.17) is 5.84 Å². The van der Waals surface area contributed by atoms with E-state index in [-0.39, 0.29) is 5.33 Å². The number of rotatable bonds is 1. The van der Waals surface area contributed by atoms with E-state index in [1.54, 1.807) is 0 Å². The van der Waals surface area contributed by atoms with Gasteiger partial charge >= 0.3 is 0 Å². The summed E-state index contributed by atoms with van der Waals surface area (Å²) < 4.78 is 0.370. The number of hydrogen-bond donors (Lipinski definition) is 2. The molecule has 1 rings (SSSR count). The molecule has 0 aromatic carbocycles. The lowest BCUT2D eigenvalue weighted by Crippen LogP contribution is -2.53. The lowest BCUT2D eigenvalue weighted by atomic mass is 10.3. The van der Waals surface area contributed by atoms with E-state index < -0.39 is 11.6 Å². The van der Waals surface area contributed by atoms with Crippen LogP contribution in [0.15, 0.2) is 10.6 Å². The van der Waals surface area contributed by atoms with E-state index in [1.165, 1.54) is 6.08 Å². The molecule has 0 aromatic rings. The van der Waals surface area contributed by atoms with Crippen LogP contribution in [0.3, 0.4) is 0 Å². The van der Waals surface area contributed by atoms with E-state index in [1.807, 2.05) is 0 Å². The molecule has 4 nitrogen and oxygen atoms in total. The summed E-state index contributed by atoms with van der Waals surface area (Å²) in [6, 6.07) is 0. The molecule has 62 valence electrons. The van der Waals surface area contributed by atoms with Crippen LogP contribution in [0.1, 0.15) is 0 Å². The molecule has 0 spiro atoms. The van der Waals surface area contributed by atoms with Gasteiger partial charge in [0.25, 0.3) is 5.91 Å². The summed E-state index contributed by atoms with van der Waals surface area (Å²) in [6.07, 6.45) is 1.24. The Labute approximate surface area is 80.3 Å². The molecular formula is C5H6Br2N2O2. The molecule has 1 atom stereocenters. The van der Waals surface area contributed by atoms with Gasteiger partial charge in [0.15, 0.2) is 5.72 Å². The van der Waals surface area contributed by atoms with Crippen LogP contribution in [0.4, 0.5) is 0 Å². The zero-order valence-corrected chi connectivity index (χ0v) is 8.59. The lowest BCUT2D eigenvalue weighted by molar-refractivity contribution is -0.139. The maximum absolute atomic E-state index is 10.9. The van der Waals surface area contributed by atoms with Gasteiger partial charge in [0.05, 0.1) is 9.81 Å². The van der Waals surface area contributed by atoms with Gasteiger partial charge in [-0.3, -0.25) is 4.79 Å². The number of aliphatic hydroxyl groups is 1. The largest absolute Gasteiger partial charge is 0.365 e. The first-order valence-corrected chi connectivity index (χ1v) is 4.68. The molecule has 0 saturated carbocycles. The maximum Gasteiger partial charge on any atom is 0.264 e. The third-order valence-corrected chi connectivity index (χ3v) is 3.10. The number of hydrazine groups is 1. The van der Waals surface area contributed by atoms with Crippen LogP contribution in [-0.4, -0.2) is 27.1 Å². The van der Waals surface area contributed by atoms with E-state index in [0.717, 1.165) is 5.01 Å². The molecule has 3 N–H and O–H groups in total. The SMILES string of the molecule is NN1C(=O)C=C(Br)C1(O)CBr. The number of nitrogens with two attached hydrogens (primary N) is 1. The Morgan fingerprint density at radius 3 is 2.55 bits per heavy atom. The first-order chi connectivity index (χ1) is 5.02. The van der Waals surface area contributed by atoms with Crippen LogP contribution >= 0.6 is 31.9 Å². The number of carbonyl (C=O) groups excluding carboxylic acids is 1. The van der Waals surface area contributed by atoms with Gasteiger partial charge in [0.1, 0.15) is 0 Å². The number of carbonyl (C=O) groups is 1. The van der Waals surface area contributed by atoms with Crippen LogP contribution in [0.25, 0.3) is 0 Å². The van der Waals surface area contributed by atoms with Crippen molar-refractivity contribution >= 4 is 37.8 Å². The second kappa shape index (κ2) is 2.85. The predicted octanol–water partition coefficient (Wildman–Crippen LogP) is 0.0646. The van der Waals surface area contributed by atoms with Crippen molar-refractivity contribution in [3.05, 3.63) is 10.6 Å². The average Bonchev–Trinajstić information content (AvgIpc) is 2.16. The highest BCUT2D eigenvalue weighted by Crippen LogP contribution is 2.31. The van der Waals surface area contributed by atoms with Crippen LogP contribution < -0.4 is 5.84 Å². The summed E-state index contributed by atoms with van der Waals surface area (Å²) in [7, 11) is 0. The molecule has 1 aliphatic rings. The molecule has 0 bridgehead atoms. The highest BCUT2D eigenvalue weighted by atomic mass is 79.9. The first-order valence-electron chi connectivity index (χ1n) is 2.77. The molecule has 6 heteroatoms. The number of nitrogens with zero attached hydrogens (tertiary/aromatic N) is 1. The van der Waals surface area contributed by atoms with E-state index in [9.17, 15) is 9.90 Å². The van der Waals surface area contributed by atoms with Crippen molar-refractivity contribution in [3.63, 3.8) is 0 Å². The molecule has 0 radical (unpaired) electrons. The van der Waals surface area contributed by atoms with Gasteiger partial charge in [-0.25, -0.2) is 10.9 Å². The minimum atomic E-state index is -1.42. The Morgan fingerprint density at radius 2 is 2.36 bits per heavy atom. The second-order valence-electron chi connectivity index (χ2n) is 2.15. The van der Waals surface area contributed by atoms with Crippen LogP contribution in [-0.2, 0) is 4.79 Å². The highest BCUT2D eigenvalue weighted by Gasteiger charge is 2.42. The molecule has 0 saturated heterocycles. The van der Waals surface area contributed by atoms with Crippen molar-refractivity contribution in [3.8, 4) is 0 Å². The zero-order valence-electron chi connectivity index (χ0n) is 5.42. The minimum absolute atomic E-state index is 0.180. The molecule has 1 heterocycles. The highest BCUT2D eigenvalue weighted by molar-refractivity contribution is 9.12. The average molecular weight is 286 g/mol. The Kier molecular flexibility index (Phi) is 2.38. The van der Waals surface area contributed by atoms with Gasteiger partial charge in [-0.15, -0.1) is 0 Å². The van der Waals surface area contributed by atoms with Crippen LogP contribution in [0.5, 0.6) is 0 Å². The Balaban J connectivity index is 3.00. The topological polar surface area (TPSA) is 66.6 Å². The predicted molar refractivity (Wildman–Crippen MR) is 46.8 cm³/mol. The van der Waals surface area contributed by atoms with Gasteiger partial charge < -0.3 is 5.11 Å². The fraction of sp³-hybridized carbons (Fsp3) is 0.400. The summed E-state index contributed by atoms with van der Waals surface area (Å²) in [5.74, 6) is 4.86. The Hall–Kier alpha value is 0.0900. The van der Waals surface area contributed by atoms with E-state index in [2.05, 4.69) is 31.9 Å². The summed E-state index contributed by atoms with van der Waals surface area (Å²) in [5, 5.41) is 10.6. The van der Waals surface area contributed by atoms with Gasteiger partial charge in [-0.05, 0) is 0 Å². The van der Waals surface area contributed by atoms with Gasteiger partial charge in [-0.1, -0.05) is 31.9 Å². The van der Waals surface area contributed by atoms with Crippen molar-refractivity contribution in [1.82, 2.24) is 5.01 Å². The van der Waals surface area contributed by atoms with Crippen molar-refractivity contribution < 1.29 is 9.90 Å².